The molecule has 1 aromatic heterocycles. The van der Waals surface area contributed by atoms with E-state index in [1.807, 2.05) is 36.4 Å². The Balaban J connectivity index is 1.85. The van der Waals surface area contributed by atoms with Crippen molar-refractivity contribution in [3.8, 4) is 0 Å². The minimum absolute atomic E-state index is 0.0823. The fourth-order valence-corrected chi connectivity index (χ4v) is 2.38. The molecule has 2 aromatic rings. The standard InChI is InChI=1S/C15H19NO4S/c1-2-21(17,18)16-10-13-5-3-6-14(9-13)11-19-12-15-7-4-8-20-15/h3-9,16H,2,10-12H2,1H3. The Morgan fingerprint density at radius 1 is 1.14 bits per heavy atom. The van der Waals surface area contributed by atoms with E-state index in [1.54, 1.807) is 13.2 Å². The van der Waals surface area contributed by atoms with Gasteiger partial charge in [-0.05, 0) is 30.2 Å². The number of furan rings is 1. The van der Waals surface area contributed by atoms with Crippen molar-refractivity contribution in [1.29, 1.82) is 0 Å². The van der Waals surface area contributed by atoms with Gasteiger partial charge in [0.2, 0.25) is 10.0 Å². The maximum Gasteiger partial charge on any atom is 0.211 e. The molecular weight excluding hydrogens is 290 g/mol. The van der Waals surface area contributed by atoms with E-state index in [1.165, 1.54) is 0 Å². The Morgan fingerprint density at radius 2 is 1.95 bits per heavy atom. The van der Waals surface area contributed by atoms with Crippen LogP contribution in [0.2, 0.25) is 0 Å². The highest BCUT2D eigenvalue weighted by Gasteiger charge is 2.06. The zero-order valence-electron chi connectivity index (χ0n) is 11.9. The van der Waals surface area contributed by atoms with Crippen LogP contribution in [0.5, 0.6) is 0 Å². The van der Waals surface area contributed by atoms with Gasteiger partial charge in [-0.1, -0.05) is 24.3 Å². The Bertz CT molecular complexity index is 650. The van der Waals surface area contributed by atoms with Crippen LogP contribution in [0.4, 0.5) is 0 Å². The number of rotatable bonds is 8. The summed E-state index contributed by atoms with van der Waals surface area (Å²) >= 11 is 0. The molecule has 6 heteroatoms. The monoisotopic (exact) mass is 309 g/mol. The van der Waals surface area contributed by atoms with Crippen molar-refractivity contribution in [2.75, 3.05) is 5.75 Å². The summed E-state index contributed by atoms with van der Waals surface area (Å²) in [5.74, 6) is 0.862. The summed E-state index contributed by atoms with van der Waals surface area (Å²) < 4.78 is 36.1. The number of benzene rings is 1. The maximum absolute atomic E-state index is 11.4. The molecule has 1 N–H and O–H groups in total. The molecule has 0 fully saturated rings. The van der Waals surface area contributed by atoms with Crippen molar-refractivity contribution in [2.45, 2.75) is 26.7 Å². The van der Waals surface area contributed by atoms with Crippen molar-refractivity contribution < 1.29 is 17.6 Å². The molecule has 5 nitrogen and oxygen atoms in total. The number of sulfonamides is 1. The van der Waals surface area contributed by atoms with E-state index < -0.39 is 10.0 Å². The second-order valence-corrected chi connectivity index (χ2v) is 6.71. The normalized spacial score (nSPS) is 11.7. The molecule has 0 aliphatic heterocycles. The summed E-state index contributed by atoms with van der Waals surface area (Å²) in [4.78, 5) is 0. The summed E-state index contributed by atoms with van der Waals surface area (Å²) in [6.45, 7) is 2.78. The molecule has 0 bridgehead atoms. The molecule has 114 valence electrons. The fourth-order valence-electron chi connectivity index (χ4n) is 1.79. The van der Waals surface area contributed by atoms with Gasteiger partial charge in [0.1, 0.15) is 12.4 Å². The van der Waals surface area contributed by atoms with E-state index in [2.05, 4.69) is 4.72 Å². The molecule has 0 spiro atoms. The third-order valence-electron chi connectivity index (χ3n) is 2.96. The van der Waals surface area contributed by atoms with Crippen LogP contribution in [-0.2, 0) is 34.5 Å². The molecule has 1 aromatic carbocycles. The highest BCUT2D eigenvalue weighted by Crippen LogP contribution is 2.09. The third-order valence-corrected chi connectivity index (χ3v) is 4.31. The van der Waals surface area contributed by atoms with Crippen molar-refractivity contribution in [2.24, 2.45) is 0 Å². The van der Waals surface area contributed by atoms with Crippen LogP contribution in [0, 0.1) is 0 Å². The second-order valence-electron chi connectivity index (χ2n) is 4.62. The quantitative estimate of drug-likeness (QED) is 0.813. The van der Waals surface area contributed by atoms with E-state index in [-0.39, 0.29) is 5.75 Å². The van der Waals surface area contributed by atoms with Crippen molar-refractivity contribution in [3.63, 3.8) is 0 Å². The first-order valence-electron chi connectivity index (χ1n) is 6.74. The van der Waals surface area contributed by atoms with Crippen LogP contribution in [0.3, 0.4) is 0 Å². The van der Waals surface area contributed by atoms with Crippen LogP contribution >= 0.6 is 0 Å². The molecule has 0 amide bonds. The van der Waals surface area contributed by atoms with E-state index in [4.69, 9.17) is 9.15 Å². The van der Waals surface area contributed by atoms with Gasteiger partial charge in [0.05, 0.1) is 18.6 Å². The predicted molar refractivity (Wildman–Crippen MR) is 79.9 cm³/mol. The molecule has 0 unspecified atom stereocenters. The molecule has 0 atom stereocenters. The van der Waals surface area contributed by atoms with Crippen LogP contribution in [0.1, 0.15) is 23.8 Å². The van der Waals surface area contributed by atoms with Gasteiger partial charge in [0, 0.05) is 6.54 Å². The Morgan fingerprint density at radius 3 is 2.67 bits per heavy atom. The molecule has 21 heavy (non-hydrogen) atoms. The molecule has 0 radical (unpaired) electrons. The van der Waals surface area contributed by atoms with E-state index in [0.29, 0.717) is 19.8 Å². The van der Waals surface area contributed by atoms with Gasteiger partial charge in [0.25, 0.3) is 0 Å². The second kappa shape index (κ2) is 7.40. The molecule has 0 aliphatic rings. The zero-order valence-corrected chi connectivity index (χ0v) is 12.7. The summed E-state index contributed by atoms with van der Waals surface area (Å²) in [6, 6.07) is 11.3. The largest absolute Gasteiger partial charge is 0.467 e. The average Bonchev–Trinajstić information content (AvgIpc) is 2.99. The first kappa shape index (κ1) is 15.8. The minimum atomic E-state index is -3.17. The summed E-state index contributed by atoms with van der Waals surface area (Å²) in [5.41, 5.74) is 1.90. The van der Waals surface area contributed by atoms with Crippen LogP contribution in [0.25, 0.3) is 0 Å². The van der Waals surface area contributed by atoms with Gasteiger partial charge in [-0.15, -0.1) is 0 Å². The smallest absolute Gasteiger partial charge is 0.211 e. The molecule has 2 rings (SSSR count). The van der Waals surface area contributed by atoms with E-state index in [9.17, 15) is 8.42 Å². The Hall–Kier alpha value is -1.63. The first-order chi connectivity index (χ1) is 10.1. The average molecular weight is 309 g/mol. The first-order valence-corrected chi connectivity index (χ1v) is 8.39. The topological polar surface area (TPSA) is 68.5 Å². The lowest BCUT2D eigenvalue weighted by atomic mass is 10.1. The van der Waals surface area contributed by atoms with Gasteiger partial charge < -0.3 is 9.15 Å². The lowest BCUT2D eigenvalue weighted by Gasteiger charge is -2.07. The van der Waals surface area contributed by atoms with Gasteiger partial charge in [-0.3, -0.25) is 0 Å². The fraction of sp³-hybridized carbons (Fsp3) is 0.333. The van der Waals surface area contributed by atoms with Crippen molar-refractivity contribution >= 4 is 10.0 Å². The van der Waals surface area contributed by atoms with Gasteiger partial charge in [0.15, 0.2) is 0 Å². The summed E-state index contributed by atoms with van der Waals surface area (Å²) in [6.07, 6.45) is 1.61. The molecule has 1 heterocycles. The number of nitrogens with one attached hydrogen (secondary N) is 1. The Labute approximate surface area is 125 Å². The Kier molecular flexibility index (Phi) is 5.55. The van der Waals surface area contributed by atoms with Crippen molar-refractivity contribution in [3.05, 3.63) is 59.5 Å². The zero-order chi connectivity index (χ0) is 15.1. The predicted octanol–water partition coefficient (Wildman–Crippen LogP) is 2.44. The summed E-state index contributed by atoms with van der Waals surface area (Å²) in [5, 5.41) is 0. The number of hydrogen-bond donors (Lipinski definition) is 1. The van der Waals surface area contributed by atoms with E-state index >= 15 is 0 Å². The number of hydrogen-bond acceptors (Lipinski definition) is 4. The third kappa shape index (κ3) is 5.34. The lowest BCUT2D eigenvalue weighted by Crippen LogP contribution is -2.24. The molecule has 0 aliphatic carbocycles. The molecule has 0 saturated heterocycles. The lowest BCUT2D eigenvalue weighted by molar-refractivity contribution is 0.0929. The number of ether oxygens (including phenoxy) is 1. The van der Waals surface area contributed by atoms with Gasteiger partial charge in [-0.25, -0.2) is 13.1 Å². The van der Waals surface area contributed by atoms with Crippen LogP contribution < -0.4 is 4.72 Å². The van der Waals surface area contributed by atoms with Gasteiger partial charge >= 0.3 is 0 Å². The molecular formula is C15H19NO4S. The minimum Gasteiger partial charge on any atom is -0.467 e. The van der Waals surface area contributed by atoms with Crippen LogP contribution in [-0.4, -0.2) is 14.2 Å². The maximum atomic E-state index is 11.4. The van der Waals surface area contributed by atoms with Crippen LogP contribution in [0.15, 0.2) is 47.1 Å². The SMILES string of the molecule is CCS(=O)(=O)NCc1cccc(COCc2ccco2)c1. The van der Waals surface area contributed by atoms with Crippen molar-refractivity contribution in [1.82, 2.24) is 4.72 Å². The highest BCUT2D eigenvalue weighted by molar-refractivity contribution is 7.89. The van der Waals surface area contributed by atoms with E-state index in [0.717, 1.165) is 16.9 Å². The van der Waals surface area contributed by atoms with Gasteiger partial charge in [-0.2, -0.15) is 0 Å². The molecule has 0 saturated carbocycles. The summed E-state index contributed by atoms with van der Waals surface area (Å²) in [7, 11) is -3.17. The highest BCUT2D eigenvalue weighted by atomic mass is 32.2.